The molecule has 2 heterocycles. The third-order valence-electron chi connectivity index (χ3n) is 4.41. The molecule has 0 bridgehead atoms. The van der Waals surface area contributed by atoms with Crippen LogP contribution >= 0.6 is 22.9 Å². The smallest absolute Gasteiger partial charge is 0.268 e. The van der Waals surface area contributed by atoms with Gasteiger partial charge in [-0.3, -0.25) is 4.79 Å². The molecule has 0 spiro atoms. The Balaban J connectivity index is 1.61. The van der Waals surface area contributed by atoms with Crippen molar-refractivity contribution in [1.29, 1.82) is 0 Å². The van der Waals surface area contributed by atoms with Crippen LogP contribution in [0.3, 0.4) is 0 Å². The lowest BCUT2D eigenvalue weighted by molar-refractivity contribution is 0.0942. The van der Waals surface area contributed by atoms with Crippen molar-refractivity contribution in [3.63, 3.8) is 0 Å². The highest BCUT2D eigenvalue weighted by Crippen LogP contribution is 2.27. The number of rotatable bonds is 5. The largest absolute Gasteiger partial charge is 0.347 e. The Kier molecular flexibility index (Phi) is 4.97. The second-order valence-electron chi connectivity index (χ2n) is 6.19. The zero-order valence-electron chi connectivity index (χ0n) is 14.3. The average molecular weight is 399 g/mol. The maximum absolute atomic E-state index is 13.0. The summed E-state index contributed by atoms with van der Waals surface area (Å²) in [4.78, 5) is 12.8. The molecule has 4 aromatic rings. The van der Waals surface area contributed by atoms with E-state index in [0.717, 1.165) is 21.3 Å². The monoisotopic (exact) mass is 398 g/mol. The predicted molar refractivity (Wildman–Crippen MR) is 108 cm³/mol. The second-order valence-corrected chi connectivity index (χ2v) is 7.54. The van der Waals surface area contributed by atoms with Crippen LogP contribution in [0.25, 0.3) is 10.2 Å². The topological polar surface area (TPSA) is 34.0 Å². The molecule has 0 unspecified atom stereocenters. The molecular weight excluding hydrogens is 383 g/mol. The Bertz CT molecular complexity index is 1100. The van der Waals surface area contributed by atoms with Gasteiger partial charge in [0.25, 0.3) is 5.91 Å². The van der Waals surface area contributed by atoms with E-state index in [9.17, 15) is 9.18 Å². The van der Waals surface area contributed by atoms with Crippen LogP contribution in [-0.2, 0) is 13.1 Å². The molecule has 3 nitrogen and oxygen atoms in total. The van der Waals surface area contributed by atoms with Gasteiger partial charge in [-0.25, -0.2) is 4.39 Å². The fraction of sp³-hybridized carbons (Fsp3) is 0.0952. The summed E-state index contributed by atoms with van der Waals surface area (Å²) in [5.41, 5.74) is 3.39. The minimum absolute atomic E-state index is 0.172. The van der Waals surface area contributed by atoms with Crippen LogP contribution in [0, 0.1) is 5.82 Å². The van der Waals surface area contributed by atoms with Gasteiger partial charge in [-0.2, -0.15) is 0 Å². The average Bonchev–Trinajstić information content (AvgIpc) is 3.25. The van der Waals surface area contributed by atoms with E-state index in [2.05, 4.69) is 5.32 Å². The molecule has 6 heteroatoms. The molecule has 0 saturated heterocycles. The molecule has 27 heavy (non-hydrogen) atoms. The molecule has 0 saturated carbocycles. The Morgan fingerprint density at radius 3 is 2.67 bits per heavy atom. The molecule has 1 N–H and O–H groups in total. The fourth-order valence-corrected chi connectivity index (χ4v) is 4.03. The van der Waals surface area contributed by atoms with E-state index < -0.39 is 0 Å². The molecule has 0 aliphatic rings. The molecule has 2 aromatic carbocycles. The lowest BCUT2D eigenvalue weighted by atomic mass is 10.2. The molecule has 0 fully saturated rings. The van der Waals surface area contributed by atoms with Gasteiger partial charge in [-0.1, -0.05) is 41.9 Å². The first-order valence-electron chi connectivity index (χ1n) is 8.44. The summed E-state index contributed by atoms with van der Waals surface area (Å²) < 4.78 is 16.1. The number of hydrogen-bond donors (Lipinski definition) is 1. The molecule has 4 rings (SSSR count). The summed E-state index contributed by atoms with van der Waals surface area (Å²) in [6.07, 6.45) is 0. The quantitative estimate of drug-likeness (QED) is 0.475. The number of nitrogens with zero attached hydrogens (tertiary/aromatic N) is 1. The summed E-state index contributed by atoms with van der Waals surface area (Å²) in [5, 5.41) is 5.60. The van der Waals surface area contributed by atoms with Gasteiger partial charge in [0.05, 0.1) is 10.2 Å². The van der Waals surface area contributed by atoms with Gasteiger partial charge in [0.2, 0.25) is 0 Å². The minimum Gasteiger partial charge on any atom is -0.347 e. The number of halogens is 2. The first kappa shape index (κ1) is 17.8. The van der Waals surface area contributed by atoms with Crippen LogP contribution in [0.15, 0.2) is 66.0 Å². The summed E-state index contributed by atoms with van der Waals surface area (Å²) in [7, 11) is 0. The molecule has 0 aliphatic heterocycles. The summed E-state index contributed by atoms with van der Waals surface area (Å²) >= 11 is 7.91. The van der Waals surface area contributed by atoms with Crippen LogP contribution in [-0.4, -0.2) is 10.5 Å². The summed E-state index contributed by atoms with van der Waals surface area (Å²) in [6, 6.07) is 17.6. The van der Waals surface area contributed by atoms with Crippen molar-refractivity contribution in [1.82, 2.24) is 9.88 Å². The van der Waals surface area contributed by atoms with E-state index in [1.54, 1.807) is 23.5 Å². The Hall–Kier alpha value is -2.63. The molecule has 1 amide bonds. The zero-order chi connectivity index (χ0) is 18.8. The third-order valence-corrected chi connectivity index (χ3v) is 5.63. The van der Waals surface area contributed by atoms with Crippen molar-refractivity contribution in [2.75, 3.05) is 0 Å². The maximum atomic E-state index is 13.0. The molecule has 2 aromatic heterocycles. The van der Waals surface area contributed by atoms with Gasteiger partial charge < -0.3 is 9.88 Å². The first-order chi connectivity index (χ1) is 13.1. The highest BCUT2D eigenvalue weighted by molar-refractivity contribution is 7.17. The summed E-state index contributed by atoms with van der Waals surface area (Å²) in [6.45, 7) is 0.850. The number of benzene rings is 2. The third kappa shape index (κ3) is 3.75. The van der Waals surface area contributed by atoms with E-state index in [-0.39, 0.29) is 11.7 Å². The number of hydrogen-bond acceptors (Lipinski definition) is 2. The Morgan fingerprint density at radius 2 is 1.89 bits per heavy atom. The van der Waals surface area contributed by atoms with E-state index in [1.165, 1.54) is 12.1 Å². The maximum Gasteiger partial charge on any atom is 0.268 e. The highest BCUT2D eigenvalue weighted by atomic mass is 35.5. The fourth-order valence-electron chi connectivity index (χ4n) is 3.01. The number of fused-ring (bicyclic) bond motifs is 1. The highest BCUT2D eigenvalue weighted by Gasteiger charge is 2.17. The van der Waals surface area contributed by atoms with Gasteiger partial charge in [-0.05, 0) is 46.8 Å². The molecule has 136 valence electrons. The van der Waals surface area contributed by atoms with E-state index in [1.807, 2.05) is 46.3 Å². The number of amides is 1. The van der Waals surface area contributed by atoms with E-state index in [0.29, 0.717) is 23.8 Å². The van der Waals surface area contributed by atoms with E-state index >= 15 is 0 Å². The number of nitrogens with one attached hydrogen (secondary N) is 1. The van der Waals surface area contributed by atoms with Gasteiger partial charge in [0, 0.05) is 18.1 Å². The number of carbonyl (C=O) groups is 1. The second kappa shape index (κ2) is 7.55. The van der Waals surface area contributed by atoms with Gasteiger partial charge in [0.1, 0.15) is 11.5 Å². The summed E-state index contributed by atoms with van der Waals surface area (Å²) in [5.74, 6) is -0.464. The van der Waals surface area contributed by atoms with E-state index in [4.69, 9.17) is 11.6 Å². The number of carbonyl (C=O) groups excluding carboxylic acids is 1. The van der Waals surface area contributed by atoms with Crippen LogP contribution < -0.4 is 5.32 Å². The number of thiophene rings is 1. The predicted octanol–water partition coefficient (Wildman–Crippen LogP) is 5.47. The molecule has 0 aliphatic carbocycles. The van der Waals surface area contributed by atoms with Gasteiger partial charge in [0.15, 0.2) is 0 Å². The Labute approximate surface area is 165 Å². The lowest BCUT2D eigenvalue weighted by Crippen LogP contribution is -2.25. The molecule has 0 radical (unpaired) electrons. The van der Waals surface area contributed by atoms with Crippen LogP contribution in [0.1, 0.15) is 21.6 Å². The van der Waals surface area contributed by atoms with Crippen molar-refractivity contribution in [3.8, 4) is 0 Å². The van der Waals surface area contributed by atoms with Crippen molar-refractivity contribution < 1.29 is 9.18 Å². The standard InChI is InChI=1S/C21H16ClFN2OS/c22-17-4-2-1-3-15(17)13-25-18-9-10-27-20(18)11-19(25)21(26)24-12-14-5-7-16(23)8-6-14/h1-11H,12-13H2,(H,24,26). The van der Waals surface area contributed by atoms with Crippen LogP contribution in [0.5, 0.6) is 0 Å². The SMILES string of the molecule is O=C(NCc1ccc(F)cc1)c1cc2sccc2n1Cc1ccccc1Cl. The van der Waals surface area contributed by atoms with Gasteiger partial charge >= 0.3 is 0 Å². The molecular formula is C21H16ClFN2OS. The molecule has 0 atom stereocenters. The Morgan fingerprint density at radius 1 is 1.11 bits per heavy atom. The normalized spacial score (nSPS) is 11.0. The van der Waals surface area contributed by atoms with Crippen LogP contribution in [0.4, 0.5) is 4.39 Å². The van der Waals surface area contributed by atoms with Crippen molar-refractivity contribution in [2.24, 2.45) is 0 Å². The number of aromatic nitrogens is 1. The zero-order valence-corrected chi connectivity index (χ0v) is 15.9. The van der Waals surface area contributed by atoms with Gasteiger partial charge in [-0.15, -0.1) is 11.3 Å². The first-order valence-corrected chi connectivity index (χ1v) is 9.70. The van der Waals surface area contributed by atoms with Crippen LogP contribution in [0.2, 0.25) is 5.02 Å². The minimum atomic E-state index is -0.293. The van der Waals surface area contributed by atoms with Crippen molar-refractivity contribution in [3.05, 3.63) is 93.7 Å². The van der Waals surface area contributed by atoms with Crippen molar-refractivity contribution in [2.45, 2.75) is 13.1 Å². The lowest BCUT2D eigenvalue weighted by Gasteiger charge is -2.12. The van der Waals surface area contributed by atoms with Crippen molar-refractivity contribution >= 4 is 39.1 Å².